The van der Waals surface area contributed by atoms with Crippen molar-refractivity contribution < 1.29 is 19.4 Å². The first-order valence-corrected chi connectivity index (χ1v) is 16.8. The van der Waals surface area contributed by atoms with Crippen molar-refractivity contribution in [1.29, 1.82) is 0 Å². The molecule has 0 spiro atoms. The highest BCUT2D eigenvalue weighted by atomic mass is 16.5. The maximum absolute atomic E-state index is 15.1. The van der Waals surface area contributed by atoms with Crippen LogP contribution in [0.2, 0.25) is 0 Å². The second-order valence-corrected chi connectivity index (χ2v) is 12.1. The van der Waals surface area contributed by atoms with E-state index in [4.69, 9.17) is 19.6 Å². The fraction of sp³-hybridized carbons (Fsp3) is 0.200. The minimum Gasteiger partial charge on any atom is -0.494 e. The molecular formula is C40H36N8O4. The predicted octanol–water partition coefficient (Wildman–Crippen LogP) is 8.78. The molecular weight excluding hydrogens is 656 g/mol. The van der Waals surface area contributed by atoms with Gasteiger partial charge in [0, 0.05) is 64.2 Å². The molecule has 5 aromatic carbocycles. The number of aliphatic imine (C=N–C) groups is 1. The maximum Gasteiger partial charge on any atom is 0.252 e. The third kappa shape index (κ3) is 7.90. The lowest BCUT2D eigenvalue weighted by Gasteiger charge is -2.32. The third-order valence-corrected chi connectivity index (χ3v) is 8.88. The highest BCUT2D eigenvalue weighted by Gasteiger charge is 2.54. The topological polar surface area (TPSA) is 178 Å². The highest BCUT2D eigenvalue weighted by molar-refractivity contribution is 6.01. The van der Waals surface area contributed by atoms with Gasteiger partial charge < -0.3 is 19.9 Å². The van der Waals surface area contributed by atoms with Crippen molar-refractivity contribution in [3.63, 3.8) is 0 Å². The Kier molecular flexibility index (Phi) is 11.4. The van der Waals surface area contributed by atoms with E-state index >= 15 is 4.79 Å². The Morgan fingerprint density at radius 3 is 2.08 bits per heavy atom. The minimum absolute atomic E-state index is 0.0174. The summed E-state index contributed by atoms with van der Waals surface area (Å²) in [7, 11) is 0. The average Bonchev–Trinajstić information content (AvgIpc) is 3.57. The molecule has 1 heterocycles. The van der Waals surface area contributed by atoms with E-state index in [2.05, 4.69) is 25.4 Å². The number of azide groups is 2. The summed E-state index contributed by atoms with van der Waals surface area (Å²) in [6.07, 6.45) is -0.583. The van der Waals surface area contributed by atoms with Crippen LogP contribution in [-0.2, 0) is 16.0 Å². The molecule has 0 saturated heterocycles. The molecule has 12 nitrogen and oxygen atoms in total. The summed E-state index contributed by atoms with van der Waals surface area (Å²) in [6.45, 7) is 0.611. The number of nitrogens with zero attached hydrogens (tertiary/aromatic N) is 7. The van der Waals surface area contributed by atoms with Gasteiger partial charge in [-0.05, 0) is 52.0 Å². The number of carbonyl (C=O) groups excluding carboxylic acids is 1. The molecule has 0 aliphatic carbocycles. The summed E-state index contributed by atoms with van der Waals surface area (Å²) in [5.41, 5.74) is 21.5. The van der Waals surface area contributed by atoms with Crippen LogP contribution in [0.1, 0.15) is 46.3 Å². The molecule has 12 heteroatoms. The van der Waals surface area contributed by atoms with E-state index in [0.717, 1.165) is 11.1 Å². The summed E-state index contributed by atoms with van der Waals surface area (Å²) < 4.78 is 12.4. The molecule has 5 aromatic rings. The van der Waals surface area contributed by atoms with E-state index in [1.807, 2.05) is 60.7 Å². The predicted molar refractivity (Wildman–Crippen MR) is 199 cm³/mol. The zero-order valence-corrected chi connectivity index (χ0v) is 28.2. The number of ether oxygens (including phenoxy) is 2. The van der Waals surface area contributed by atoms with Crippen LogP contribution in [-0.4, -0.2) is 42.2 Å². The second-order valence-electron chi connectivity index (χ2n) is 12.1. The zero-order chi connectivity index (χ0) is 36.2. The Bertz CT molecular complexity index is 2080. The van der Waals surface area contributed by atoms with Crippen molar-refractivity contribution in [2.45, 2.75) is 30.4 Å². The largest absolute Gasteiger partial charge is 0.494 e. The van der Waals surface area contributed by atoms with Gasteiger partial charge in [-0.1, -0.05) is 119 Å². The van der Waals surface area contributed by atoms with E-state index in [-0.39, 0.29) is 37.1 Å². The van der Waals surface area contributed by atoms with Gasteiger partial charge in [0.05, 0.1) is 6.61 Å². The number of amides is 1. The van der Waals surface area contributed by atoms with Gasteiger partial charge in [-0.3, -0.25) is 4.79 Å². The number of aliphatic hydroxyl groups is 1. The fourth-order valence-corrected chi connectivity index (χ4v) is 6.35. The number of hydrogen-bond donors (Lipinski definition) is 2. The van der Waals surface area contributed by atoms with Crippen LogP contribution in [0.5, 0.6) is 5.75 Å². The molecule has 0 unspecified atom stereocenters. The number of benzene rings is 5. The minimum atomic E-state index is -1.66. The van der Waals surface area contributed by atoms with Gasteiger partial charge in [-0.15, -0.1) is 0 Å². The Morgan fingerprint density at radius 2 is 1.42 bits per heavy atom. The molecule has 1 aliphatic heterocycles. The van der Waals surface area contributed by atoms with Crippen LogP contribution >= 0.6 is 0 Å². The van der Waals surface area contributed by atoms with Crippen LogP contribution in [0.4, 0.5) is 11.4 Å². The van der Waals surface area contributed by atoms with E-state index in [1.54, 1.807) is 72.8 Å². The number of nitrogens with one attached hydrogen (secondary N) is 1. The highest BCUT2D eigenvalue weighted by Crippen LogP contribution is 2.46. The number of hydrogen-bond acceptors (Lipinski definition) is 7. The molecule has 6 rings (SSSR count). The summed E-state index contributed by atoms with van der Waals surface area (Å²) in [4.78, 5) is 26.3. The molecule has 0 radical (unpaired) electrons. The van der Waals surface area contributed by atoms with Gasteiger partial charge >= 0.3 is 0 Å². The summed E-state index contributed by atoms with van der Waals surface area (Å²) in [6, 6.07) is 40.9. The van der Waals surface area contributed by atoms with Gasteiger partial charge in [0.2, 0.25) is 5.90 Å². The standard InChI is InChI=1S/C40H36N8O4/c41-47-45-35-18-9-7-16-31(35)26-40(39(50)43-27-34(28-12-3-1-4-13-28)29-14-5-2-6-15-29)37(33-17-8-10-19-36(33)46-48-42)52-38(44-40)30-20-22-32(23-21-30)51-25-11-24-49/h1-10,12-23,34,37,49H,11,24-27H2,(H,43,50)/t37-,40-/m1/s1. The lowest BCUT2D eigenvalue weighted by atomic mass is 9.80. The summed E-state index contributed by atoms with van der Waals surface area (Å²) >= 11 is 0. The van der Waals surface area contributed by atoms with Crippen molar-refractivity contribution in [1.82, 2.24) is 5.32 Å². The molecule has 52 heavy (non-hydrogen) atoms. The Morgan fingerprint density at radius 1 is 0.827 bits per heavy atom. The Hall–Kier alpha value is -6.58. The first-order valence-electron chi connectivity index (χ1n) is 16.8. The van der Waals surface area contributed by atoms with Gasteiger partial charge in [0.15, 0.2) is 11.6 Å². The maximum atomic E-state index is 15.1. The van der Waals surface area contributed by atoms with E-state index in [0.29, 0.717) is 41.2 Å². The van der Waals surface area contributed by atoms with Gasteiger partial charge in [0.1, 0.15) is 5.75 Å². The van der Waals surface area contributed by atoms with E-state index in [9.17, 15) is 11.1 Å². The molecule has 1 amide bonds. The zero-order valence-electron chi connectivity index (χ0n) is 28.2. The van der Waals surface area contributed by atoms with E-state index < -0.39 is 17.6 Å². The fourth-order valence-electron chi connectivity index (χ4n) is 6.35. The molecule has 0 aromatic heterocycles. The Balaban J connectivity index is 1.48. The lowest BCUT2D eigenvalue weighted by molar-refractivity contribution is -0.128. The quantitative estimate of drug-likeness (QED) is 0.0482. The molecule has 1 aliphatic rings. The van der Waals surface area contributed by atoms with Crippen LogP contribution in [0.3, 0.4) is 0 Å². The van der Waals surface area contributed by atoms with Crippen molar-refractivity contribution in [2.75, 3.05) is 19.8 Å². The lowest BCUT2D eigenvalue weighted by Crippen LogP contribution is -2.50. The summed E-state index contributed by atoms with van der Waals surface area (Å²) in [5, 5.41) is 20.2. The van der Waals surface area contributed by atoms with Gasteiger partial charge in [0.25, 0.3) is 5.91 Å². The smallest absolute Gasteiger partial charge is 0.252 e. The van der Waals surface area contributed by atoms with Crippen LogP contribution < -0.4 is 10.1 Å². The molecule has 0 bridgehead atoms. The van der Waals surface area contributed by atoms with Crippen LogP contribution in [0, 0.1) is 0 Å². The van der Waals surface area contributed by atoms with Crippen LogP contribution in [0.25, 0.3) is 20.9 Å². The van der Waals surface area contributed by atoms with Crippen molar-refractivity contribution in [3.05, 3.63) is 182 Å². The third-order valence-electron chi connectivity index (χ3n) is 8.88. The molecule has 0 saturated carbocycles. The second kappa shape index (κ2) is 16.9. The first-order chi connectivity index (χ1) is 25.6. The number of rotatable bonds is 15. The van der Waals surface area contributed by atoms with Crippen molar-refractivity contribution in [2.24, 2.45) is 15.2 Å². The number of aliphatic hydroxyl groups excluding tert-OH is 1. The molecule has 260 valence electrons. The van der Waals surface area contributed by atoms with Gasteiger partial charge in [-0.25, -0.2) is 4.99 Å². The Labute approximate surface area is 300 Å². The van der Waals surface area contributed by atoms with Gasteiger partial charge in [-0.2, -0.15) is 0 Å². The summed E-state index contributed by atoms with van der Waals surface area (Å²) in [5.74, 6) is 0.180. The first kappa shape index (κ1) is 35.3. The van der Waals surface area contributed by atoms with Crippen molar-refractivity contribution in [3.8, 4) is 5.75 Å². The molecule has 0 fully saturated rings. The van der Waals surface area contributed by atoms with Crippen LogP contribution in [0.15, 0.2) is 149 Å². The monoisotopic (exact) mass is 692 g/mol. The SMILES string of the molecule is [N-]=[N+]=Nc1ccccc1C[C@@]1(C(=O)NCC(c2ccccc2)c2ccccc2)N=C(c2ccc(OCCCO)cc2)O[C@@H]1c1ccccc1N=[N+]=[N-]. The van der Waals surface area contributed by atoms with E-state index in [1.165, 1.54) is 0 Å². The molecule has 2 atom stereocenters. The number of carbonyl (C=O) groups is 1. The van der Waals surface area contributed by atoms with Crippen molar-refractivity contribution >= 4 is 23.2 Å². The molecule has 2 N–H and O–H groups in total. The normalized spacial score (nSPS) is 16.2. The average molecular weight is 693 g/mol.